The van der Waals surface area contributed by atoms with Crippen LogP contribution in [0.25, 0.3) is 0 Å². The maximum absolute atomic E-state index is 5.28. The highest BCUT2D eigenvalue weighted by atomic mass is 79.9. The summed E-state index contributed by atoms with van der Waals surface area (Å²) in [6.07, 6.45) is 0. The molecule has 0 bridgehead atoms. The molecule has 2 nitrogen and oxygen atoms in total. The molecule has 1 aromatic carbocycles. The smallest absolute Gasteiger partial charge is 0.0606 e. The Morgan fingerprint density at radius 3 is 2.56 bits per heavy atom. The molecule has 1 heterocycles. The van der Waals surface area contributed by atoms with Crippen molar-refractivity contribution >= 4 is 15.9 Å². The molecule has 0 saturated carbocycles. The molecule has 1 aliphatic rings. The number of benzene rings is 1. The van der Waals surface area contributed by atoms with Crippen LogP contribution in [-0.2, 0) is 4.74 Å². The molecule has 1 aromatic rings. The van der Waals surface area contributed by atoms with Gasteiger partial charge in [-0.05, 0) is 24.3 Å². The summed E-state index contributed by atoms with van der Waals surface area (Å²) >= 11 is 3.41. The van der Waals surface area contributed by atoms with Crippen LogP contribution in [-0.4, -0.2) is 37.7 Å². The van der Waals surface area contributed by atoms with Crippen molar-refractivity contribution in [2.45, 2.75) is 0 Å². The van der Waals surface area contributed by atoms with Crippen LogP contribution >= 0.6 is 15.9 Å². The third kappa shape index (κ3) is 3.64. The lowest BCUT2D eigenvalue weighted by atomic mass is 10.2. The van der Waals surface area contributed by atoms with Gasteiger partial charge in [-0.3, -0.25) is 4.90 Å². The molecule has 0 aromatic heterocycles. The zero-order valence-electron chi connectivity index (χ0n) is 9.08. The number of nitrogens with zero attached hydrogens (tertiary/aromatic N) is 1. The van der Waals surface area contributed by atoms with E-state index in [1.165, 1.54) is 0 Å². The predicted molar refractivity (Wildman–Crippen MR) is 68.3 cm³/mol. The van der Waals surface area contributed by atoms with E-state index in [1.54, 1.807) is 0 Å². The summed E-state index contributed by atoms with van der Waals surface area (Å²) in [7, 11) is 0. The molecule has 1 saturated heterocycles. The number of hydrogen-bond donors (Lipinski definition) is 0. The minimum Gasteiger partial charge on any atom is -0.379 e. The number of morpholine rings is 1. The Hall–Kier alpha value is -0.820. The highest BCUT2D eigenvalue weighted by molar-refractivity contribution is 9.10. The summed E-state index contributed by atoms with van der Waals surface area (Å²) in [6, 6.07) is 8.07. The molecule has 1 aliphatic heterocycles. The molecule has 0 aliphatic carbocycles. The first-order chi connectivity index (χ1) is 7.84. The van der Waals surface area contributed by atoms with Crippen molar-refractivity contribution in [3.63, 3.8) is 0 Å². The first-order valence-corrected chi connectivity index (χ1v) is 6.18. The van der Waals surface area contributed by atoms with Gasteiger partial charge in [0, 0.05) is 23.1 Å². The van der Waals surface area contributed by atoms with Crippen LogP contribution in [0.3, 0.4) is 0 Å². The molecule has 3 heteroatoms. The van der Waals surface area contributed by atoms with Crippen LogP contribution in [0, 0.1) is 11.8 Å². The Balaban J connectivity index is 1.87. The summed E-state index contributed by atoms with van der Waals surface area (Å²) in [4.78, 5) is 2.31. The van der Waals surface area contributed by atoms with Gasteiger partial charge in [-0.2, -0.15) is 0 Å². The molecule has 0 amide bonds. The lowest BCUT2D eigenvalue weighted by molar-refractivity contribution is 0.0443. The number of hydrogen-bond acceptors (Lipinski definition) is 2. The second-order valence-corrected chi connectivity index (χ2v) is 4.61. The molecule has 84 valence electrons. The van der Waals surface area contributed by atoms with Crippen LogP contribution in [0.5, 0.6) is 0 Å². The summed E-state index contributed by atoms with van der Waals surface area (Å²) < 4.78 is 6.37. The molecule has 0 atom stereocenters. The summed E-state index contributed by atoms with van der Waals surface area (Å²) in [6.45, 7) is 4.49. The Morgan fingerprint density at radius 1 is 1.19 bits per heavy atom. The van der Waals surface area contributed by atoms with Crippen LogP contribution in [0.4, 0.5) is 0 Å². The van der Waals surface area contributed by atoms with Gasteiger partial charge in [0.2, 0.25) is 0 Å². The lowest BCUT2D eigenvalue weighted by Crippen LogP contribution is -2.36. The molecule has 0 N–H and O–H groups in total. The molecular formula is C13H14BrNO. The Bertz CT molecular complexity index is 385. The van der Waals surface area contributed by atoms with Gasteiger partial charge in [0.05, 0.1) is 19.8 Å². The van der Waals surface area contributed by atoms with E-state index in [-0.39, 0.29) is 0 Å². The van der Waals surface area contributed by atoms with Gasteiger partial charge in [0.1, 0.15) is 0 Å². The maximum atomic E-state index is 5.28. The van der Waals surface area contributed by atoms with Crippen molar-refractivity contribution in [1.29, 1.82) is 0 Å². The van der Waals surface area contributed by atoms with E-state index in [4.69, 9.17) is 4.74 Å². The van der Waals surface area contributed by atoms with E-state index in [9.17, 15) is 0 Å². The second kappa shape index (κ2) is 6.05. The third-order valence-electron chi connectivity index (χ3n) is 2.48. The van der Waals surface area contributed by atoms with Gasteiger partial charge < -0.3 is 4.74 Å². The van der Waals surface area contributed by atoms with E-state index in [1.807, 2.05) is 24.3 Å². The van der Waals surface area contributed by atoms with Crippen molar-refractivity contribution in [3.8, 4) is 11.8 Å². The van der Waals surface area contributed by atoms with Gasteiger partial charge in [0.25, 0.3) is 0 Å². The van der Waals surface area contributed by atoms with Crippen molar-refractivity contribution in [1.82, 2.24) is 4.90 Å². The zero-order valence-corrected chi connectivity index (χ0v) is 10.7. The van der Waals surface area contributed by atoms with Crippen molar-refractivity contribution < 1.29 is 4.74 Å². The normalized spacial score (nSPS) is 16.6. The van der Waals surface area contributed by atoms with Crippen LogP contribution in [0.15, 0.2) is 28.7 Å². The fraction of sp³-hybridized carbons (Fsp3) is 0.385. The molecular weight excluding hydrogens is 266 g/mol. The molecule has 0 unspecified atom stereocenters. The average Bonchev–Trinajstić information content (AvgIpc) is 2.33. The van der Waals surface area contributed by atoms with Gasteiger partial charge in [-0.15, -0.1) is 0 Å². The fourth-order valence-electron chi connectivity index (χ4n) is 1.55. The topological polar surface area (TPSA) is 12.5 Å². The Morgan fingerprint density at radius 2 is 1.88 bits per heavy atom. The van der Waals surface area contributed by atoms with Crippen molar-refractivity contribution in [3.05, 3.63) is 34.3 Å². The first-order valence-electron chi connectivity index (χ1n) is 5.39. The number of rotatable bonds is 1. The van der Waals surface area contributed by atoms with E-state index in [0.717, 1.165) is 42.9 Å². The molecule has 2 rings (SSSR count). The van der Waals surface area contributed by atoms with Gasteiger partial charge in [-0.25, -0.2) is 0 Å². The van der Waals surface area contributed by atoms with Crippen molar-refractivity contribution in [2.24, 2.45) is 0 Å². The Labute approximate surface area is 105 Å². The molecule has 16 heavy (non-hydrogen) atoms. The zero-order chi connectivity index (χ0) is 11.2. The van der Waals surface area contributed by atoms with Crippen LogP contribution < -0.4 is 0 Å². The monoisotopic (exact) mass is 279 g/mol. The van der Waals surface area contributed by atoms with E-state index in [2.05, 4.69) is 32.7 Å². The van der Waals surface area contributed by atoms with Crippen LogP contribution in [0.2, 0.25) is 0 Å². The van der Waals surface area contributed by atoms with Gasteiger partial charge in [0.15, 0.2) is 0 Å². The molecule has 0 radical (unpaired) electrons. The highest BCUT2D eigenvalue weighted by Crippen LogP contribution is 2.09. The minimum atomic E-state index is 0.833. The standard InChI is InChI=1S/C13H14BrNO/c14-13-5-3-12(4-6-13)2-1-7-15-8-10-16-11-9-15/h3-6H,7-11H2. The number of halogens is 1. The SMILES string of the molecule is Brc1ccc(C#CCN2CCOCC2)cc1. The summed E-state index contributed by atoms with van der Waals surface area (Å²) in [5, 5.41) is 0. The quantitative estimate of drug-likeness (QED) is 0.731. The highest BCUT2D eigenvalue weighted by Gasteiger charge is 2.07. The Kier molecular flexibility index (Phi) is 4.41. The van der Waals surface area contributed by atoms with Gasteiger partial charge >= 0.3 is 0 Å². The van der Waals surface area contributed by atoms with Crippen LogP contribution in [0.1, 0.15) is 5.56 Å². The fourth-order valence-corrected chi connectivity index (χ4v) is 1.81. The molecule has 0 spiro atoms. The van der Waals surface area contributed by atoms with Crippen molar-refractivity contribution in [2.75, 3.05) is 32.8 Å². The summed E-state index contributed by atoms with van der Waals surface area (Å²) in [5.41, 5.74) is 1.07. The number of ether oxygens (including phenoxy) is 1. The second-order valence-electron chi connectivity index (χ2n) is 3.70. The predicted octanol–water partition coefficient (Wildman–Crippen LogP) is 2.13. The maximum Gasteiger partial charge on any atom is 0.0606 e. The summed E-state index contributed by atoms with van der Waals surface area (Å²) in [5.74, 6) is 6.36. The first kappa shape index (κ1) is 11.7. The molecule has 1 fully saturated rings. The lowest BCUT2D eigenvalue weighted by Gasteiger charge is -2.24. The largest absolute Gasteiger partial charge is 0.379 e. The van der Waals surface area contributed by atoms with Gasteiger partial charge in [-0.1, -0.05) is 27.8 Å². The average molecular weight is 280 g/mol. The third-order valence-corrected chi connectivity index (χ3v) is 3.01. The van der Waals surface area contributed by atoms with E-state index >= 15 is 0 Å². The van der Waals surface area contributed by atoms with E-state index < -0.39 is 0 Å². The minimum absolute atomic E-state index is 0.833. The van der Waals surface area contributed by atoms with E-state index in [0.29, 0.717) is 0 Å².